The summed E-state index contributed by atoms with van der Waals surface area (Å²) in [6.07, 6.45) is 6.45. The third-order valence-electron chi connectivity index (χ3n) is 3.31. The number of hydrogen-bond donors (Lipinski definition) is 2. The molecule has 0 radical (unpaired) electrons. The summed E-state index contributed by atoms with van der Waals surface area (Å²) >= 11 is 1.12. The van der Waals surface area contributed by atoms with E-state index in [4.69, 9.17) is 5.14 Å². The second-order valence-corrected chi connectivity index (χ2v) is 7.69. The third kappa shape index (κ3) is 2.61. The first-order valence-corrected chi connectivity index (χ1v) is 8.15. The van der Waals surface area contributed by atoms with Crippen LogP contribution in [0.2, 0.25) is 0 Å². The van der Waals surface area contributed by atoms with Gasteiger partial charge in [-0.2, -0.15) is 0 Å². The summed E-state index contributed by atoms with van der Waals surface area (Å²) in [7, 11) is -3.61. The fourth-order valence-electron chi connectivity index (χ4n) is 2.13. The molecular weight excluding hydrogens is 258 g/mol. The van der Waals surface area contributed by atoms with Crippen molar-refractivity contribution < 1.29 is 8.42 Å². The van der Waals surface area contributed by atoms with Gasteiger partial charge in [-0.25, -0.2) is 18.5 Å². The molecule has 0 aliphatic heterocycles. The molecule has 0 saturated heterocycles. The van der Waals surface area contributed by atoms with E-state index in [0.717, 1.165) is 23.2 Å². The molecular formula is C10H15N3O2S2. The Balaban J connectivity index is 1.73. The molecule has 94 valence electrons. The Bertz CT molecular complexity index is 505. The van der Waals surface area contributed by atoms with Crippen LogP contribution in [0.15, 0.2) is 10.4 Å². The maximum absolute atomic E-state index is 11.1. The number of primary sulfonamides is 1. The first-order valence-electron chi connectivity index (χ1n) is 5.79. The van der Waals surface area contributed by atoms with Crippen molar-refractivity contribution >= 4 is 26.5 Å². The summed E-state index contributed by atoms with van der Waals surface area (Å²) in [6, 6.07) is 0.481. The molecule has 5 nitrogen and oxygen atoms in total. The fraction of sp³-hybridized carbons (Fsp3) is 0.700. The predicted molar refractivity (Wildman–Crippen MR) is 66.3 cm³/mol. The first kappa shape index (κ1) is 11.4. The lowest BCUT2D eigenvalue weighted by molar-refractivity contribution is 0.567. The Morgan fingerprint density at radius 2 is 1.94 bits per heavy atom. The highest BCUT2D eigenvalue weighted by atomic mass is 32.2. The number of anilines is 1. The second kappa shape index (κ2) is 3.93. The van der Waals surface area contributed by atoms with Crippen molar-refractivity contribution in [3.63, 3.8) is 0 Å². The summed E-state index contributed by atoms with van der Waals surface area (Å²) in [5, 5.41) is 9.12. The van der Waals surface area contributed by atoms with Crippen molar-refractivity contribution in [1.29, 1.82) is 0 Å². The van der Waals surface area contributed by atoms with Gasteiger partial charge in [0.15, 0.2) is 9.34 Å². The van der Waals surface area contributed by atoms with Crippen LogP contribution in [0.4, 0.5) is 5.13 Å². The van der Waals surface area contributed by atoms with Crippen LogP contribution < -0.4 is 10.5 Å². The number of aromatic nitrogens is 1. The number of nitrogens with two attached hydrogens (primary N) is 1. The maximum atomic E-state index is 11.1. The summed E-state index contributed by atoms with van der Waals surface area (Å²) in [4.78, 5) is 4.09. The number of nitrogens with one attached hydrogen (secondary N) is 1. The van der Waals surface area contributed by atoms with E-state index in [0.29, 0.717) is 11.2 Å². The summed E-state index contributed by atoms with van der Waals surface area (Å²) in [5.41, 5.74) is 0. The quantitative estimate of drug-likeness (QED) is 0.849. The zero-order valence-corrected chi connectivity index (χ0v) is 10.9. The lowest BCUT2D eigenvalue weighted by Crippen LogP contribution is -2.23. The molecule has 0 aromatic carbocycles. The van der Waals surface area contributed by atoms with Gasteiger partial charge in [-0.05, 0) is 37.5 Å². The van der Waals surface area contributed by atoms with Crippen molar-refractivity contribution in [3.8, 4) is 0 Å². The Morgan fingerprint density at radius 1 is 1.35 bits per heavy atom. The number of thiazole rings is 1. The highest BCUT2D eigenvalue weighted by Gasteiger charge is 2.41. The summed E-state index contributed by atoms with van der Waals surface area (Å²) in [5.74, 6) is 1.51. The van der Waals surface area contributed by atoms with E-state index in [1.165, 1.54) is 31.9 Å². The summed E-state index contributed by atoms with van der Waals surface area (Å²) < 4.78 is 22.4. The molecule has 0 spiro atoms. The van der Waals surface area contributed by atoms with Crippen LogP contribution in [0.1, 0.15) is 25.7 Å². The maximum Gasteiger partial charge on any atom is 0.249 e. The van der Waals surface area contributed by atoms with E-state index in [-0.39, 0.29) is 4.21 Å². The lowest BCUT2D eigenvalue weighted by Gasteiger charge is -2.16. The minimum Gasteiger partial charge on any atom is -0.358 e. The molecule has 2 aliphatic rings. The number of rotatable bonds is 5. The van der Waals surface area contributed by atoms with E-state index < -0.39 is 10.0 Å². The van der Waals surface area contributed by atoms with Gasteiger partial charge in [-0.1, -0.05) is 11.3 Å². The van der Waals surface area contributed by atoms with Gasteiger partial charge in [0.1, 0.15) is 0 Å². The third-order valence-corrected chi connectivity index (χ3v) is 5.65. The second-order valence-electron chi connectivity index (χ2n) is 4.87. The van der Waals surface area contributed by atoms with E-state index >= 15 is 0 Å². The normalized spacial score (nSPS) is 20.8. The molecule has 0 unspecified atom stereocenters. The zero-order valence-electron chi connectivity index (χ0n) is 9.30. The van der Waals surface area contributed by atoms with E-state index in [1.54, 1.807) is 0 Å². The number of nitrogens with zero attached hydrogens (tertiary/aromatic N) is 1. The van der Waals surface area contributed by atoms with Crippen LogP contribution in [-0.4, -0.2) is 19.4 Å². The first-order chi connectivity index (χ1) is 8.04. The standard InChI is InChI=1S/C10H15N3O2S2/c11-17(14,15)8-5-12-10(16-8)13-9(6-1-2-6)7-3-4-7/h5-7,9H,1-4H2,(H,12,13)(H2,11,14,15). The molecule has 2 aliphatic carbocycles. The van der Waals surface area contributed by atoms with Crippen molar-refractivity contribution in [1.82, 2.24) is 4.98 Å². The zero-order chi connectivity index (χ0) is 12.0. The van der Waals surface area contributed by atoms with Crippen LogP contribution in [0.5, 0.6) is 0 Å². The van der Waals surface area contributed by atoms with Crippen LogP contribution in [0.25, 0.3) is 0 Å². The van der Waals surface area contributed by atoms with E-state index in [2.05, 4.69) is 10.3 Å². The molecule has 0 amide bonds. The molecule has 2 saturated carbocycles. The predicted octanol–water partition coefficient (Wildman–Crippen LogP) is 1.39. The molecule has 0 atom stereocenters. The smallest absolute Gasteiger partial charge is 0.249 e. The van der Waals surface area contributed by atoms with Gasteiger partial charge in [-0.3, -0.25) is 0 Å². The highest BCUT2D eigenvalue weighted by molar-refractivity contribution is 7.91. The number of sulfonamides is 1. The van der Waals surface area contributed by atoms with Crippen LogP contribution in [0.3, 0.4) is 0 Å². The van der Waals surface area contributed by atoms with Crippen LogP contribution in [-0.2, 0) is 10.0 Å². The molecule has 1 aromatic heterocycles. The van der Waals surface area contributed by atoms with Gasteiger partial charge < -0.3 is 5.32 Å². The van der Waals surface area contributed by atoms with Gasteiger partial charge in [0.2, 0.25) is 10.0 Å². The molecule has 0 bridgehead atoms. The van der Waals surface area contributed by atoms with Crippen LogP contribution >= 0.6 is 11.3 Å². The van der Waals surface area contributed by atoms with Gasteiger partial charge in [-0.15, -0.1) is 0 Å². The minimum atomic E-state index is -3.61. The lowest BCUT2D eigenvalue weighted by atomic mass is 10.1. The Kier molecular flexibility index (Phi) is 2.64. The Morgan fingerprint density at radius 3 is 2.35 bits per heavy atom. The topological polar surface area (TPSA) is 85.1 Å². The molecule has 7 heteroatoms. The number of hydrogen-bond acceptors (Lipinski definition) is 5. The van der Waals surface area contributed by atoms with Gasteiger partial charge in [0.25, 0.3) is 0 Å². The van der Waals surface area contributed by atoms with Crippen molar-refractivity contribution in [2.24, 2.45) is 17.0 Å². The molecule has 3 N–H and O–H groups in total. The Hall–Kier alpha value is -0.660. The van der Waals surface area contributed by atoms with Crippen molar-refractivity contribution in [3.05, 3.63) is 6.20 Å². The van der Waals surface area contributed by atoms with E-state index in [9.17, 15) is 8.42 Å². The molecule has 17 heavy (non-hydrogen) atoms. The van der Waals surface area contributed by atoms with Gasteiger partial charge >= 0.3 is 0 Å². The van der Waals surface area contributed by atoms with Gasteiger partial charge in [0.05, 0.1) is 6.20 Å². The van der Waals surface area contributed by atoms with Gasteiger partial charge in [0, 0.05) is 6.04 Å². The average molecular weight is 273 g/mol. The largest absolute Gasteiger partial charge is 0.358 e. The highest BCUT2D eigenvalue weighted by Crippen LogP contribution is 2.46. The fourth-order valence-corrected chi connectivity index (χ4v) is 3.63. The van der Waals surface area contributed by atoms with Crippen LogP contribution in [0, 0.1) is 11.8 Å². The van der Waals surface area contributed by atoms with Crippen molar-refractivity contribution in [2.45, 2.75) is 35.9 Å². The Labute approximate surface area is 104 Å². The molecule has 1 heterocycles. The minimum absolute atomic E-state index is 0.130. The molecule has 1 aromatic rings. The van der Waals surface area contributed by atoms with Crippen molar-refractivity contribution in [2.75, 3.05) is 5.32 Å². The molecule has 3 rings (SSSR count). The summed E-state index contributed by atoms with van der Waals surface area (Å²) in [6.45, 7) is 0. The SMILES string of the molecule is NS(=O)(=O)c1cnc(NC(C2CC2)C2CC2)s1. The van der Waals surface area contributed by atoms with E-state index in [1.807, 2.05) is 0 Å². The molecule has 2 fully saturated rings. The average Bonchev–Trinajstić information content (AvgIpc) is 3.14. The monoisotopic (exact) mass is 273 g/mol.